The van der Waals surface area contributed by atoms with Gasteiger partial charge in [-0.25, -0.2) is 13.1 Å². The van der Waals surface area contributed by atoms with Gasteiger partial charge in [-0.2, -0.15) is 0 Å². The second kappa shape index (κ2) is 5.24. The number of fused-ring (bicyclic) bond motifs is 1. The first kappa shape index (κ1) is 15.3. The molecule has 7 heteroatoms. The highest BCUT2D eigenvalue weighted by Crippen LogP contribution is 2.39. The van der Waals surface area contributed by atoms with Gasteiger partial charge in [0.2, 0.25) is 10.0 Å². The van der Waals surface area contributed by atoms with E-state index in [9.17, 15) is 18.3 Å². The molecule has 6 nitrogen and oxygen atoms in total. The molecule has 2 atom stereocenters. The summed E-state index contributed by atoms with van der Waals surface area (Å²) in [6.07, 6.45) is 2.41. The number of carboxylic acid groups (broad SMARTS) is 1. The van der Waals surface area contributed by atoms with Crippen molar-refractivity contribution in [1.82, 2.24) is 4.72 Å². The largest absolute Gasteiger partial charge is 0.493 e. The van der Waals surface area contributed by atoms with Crippen molar-refractivity contribution in [2.24, 2.45) is 5.41 Å². The average molecular weight is 325 g/mol. The molecule has 1 aromatic carbocycles. The summed E-state index contributed by atoms with van der Waals surface area (Å²) < 4.78 is 33.1. The van der Waals surface area contributed by atoms with Gasteiger partial charge in [0.1, 0.15) is 5.75 Å². The molecule has 0 aromatic heterocycles. The van der Waals surface area contributed by atoms with Crippen LogP contribution in [0.1, 0.15) is 31.7 Å². The van der Waals surface area contributed by atoms with E-state index in [2.05, 4.69) is 4.72 Å². The number of ether oxygens (including phenoxy) is 1. The third-order valence-corrected chi connectivity index (χ3v) is 6.18. The lowest BCUT2D eigenvalue weighted by Crippen LogP contribution is -2.46. The minimum Gasteiger partial charge on any atom is -0.493 e. The zero-order chi connectivity index (χ0) is 16.0. The first-order valence-corrected chi connectivity index (χ1v) is 8.83. The number of hydrogen-bond donors (Lipinski definition) is 2. The standard InChI is InChI=1S/C15H19NO5S/c1-15(14(17)18)7-2-3-13(15)16-22(19,20)11-4-5-12-10(9-11)6-8-21-12/h4-5,9,13,16H,2-3,6-8H2,1H3,(H,17,18). The Kier molecular flexibility index (Phi) is 3.65. The van der Waals surface area contributed by atoms with Crippen LogP contribution in [0.15, 0.2) is 23.1 Å². The minimum absolute atomic E-state index is 0.163. The second-order valence-corrected chi connectivity index (χ2v) is 7.87. The lowest BCUT2D eigenvalue weighted by atomic mass is 9.85. The van der Waals surface area contributed by atoms with Crippen LogP contribution in [0.5, 0.6) is 5.75 Å². The molecule has 1 aliphatic carbocycles. The van der Waals surface area contributed by atoms with Crippen molar-refractivity contribution >= 4 is 16.0 Å². The molecule has 1 aromatic rings. The SMILES string of the molecule is CC1(C(=O)O)CCCC1NS(=O)(=O)c1ccc2c(c1)CCO2. The summed E-state index contributed by atoms with van der Waals surface area (Å²) in [4.78, 5) is 11.6. The molecular formula is C15H19NO5S. The summed E-state index contributed by atoms with van der Waals surface area (Å²) in [6.45, 7) is 2.16. The van der Waals surface area contributed by atoms with Crippen molar-refractivity contribution in [2.75, 3.05) is 6.61 Å². The Balaban J connectivity index is 1.86. The molecule has 1 heterocycles. The van der Waals surface area contributed by atoms with E-state index >= 15 is 0 Å². The van der Waals surface area contributed by atoms with Crippen LogP contribution < -0.4 is 9.46 Å². The number of sulfonamides is 1. The fourth-order valence-corrected chi connectivity index (χ4v) is 4.63. The van der Waals surface area contributed by atoms with Crippen LogP contribution in [0.2, 0.25) is 0 Å². The van der Waals surface area contributed by atoms with Gasteiger partial charge in [0.15, 0.2) is 0 Å². The van der Waals surface area contributed by atoms with E-state index in [1.165, 1.54) is 6.07 Å². The smallest absolute Gasteiger partial charge is 0.310 e. The zero-order valence-electron chi connectivity index (χ0n) is 12.3. The number of rotatable bonds is 4. The van der Waals surface area contributed by atoms with E-state index in [4.69, 9.17) is 4.74 Å². The molecule has 2 unspecified atom stereocenters. The second-order valence-electron chi connectivity index (χ2n) is 6.16. The number of carboxylic acids is 1. The van der Waals surface area contributed by atoms with Crippen LogP contribution >= 0.6 is 0 Å². The van der Waals surface area contributed by atoms with Gasteiger partial charge in [-0.1, -0.05) is 6.42 Å². The molecule has 0 radical (unpaired) electrons. The summed E-state index contributed by atoms with van der Waals surface area (Å²) >= 11 is 0. The fourth-order valence-electron chi connectivity index (χ4n) is 3.20. The highest BCUT2D eigenvalue weighted by molar-refractivity contribution is 7.89. The van der Waals surface area contributed by atoms with Gasteiger partial charge in [-0.3, -0.25) is 4.79 Å². The third kappa shape index (κ3) is 2.48. The lowest BCUT2D eigenvalue weighted by Gasteiger charge is -2.27. The van der Waals surface area contributed by atoms with E-state index in [0.717, 1.165) is 11.3 Å². The molecule has 2 aliphatic rings. The van der Waals surface area contributed by atoms with E-state index in [1.807, 2.05) is 0 Å². The van der Waals surface area contributed by atoms with Crippen LogP contribution in [0.25, 0.3) is 0 Å². The summed E-state index contributed by atoms with van der Waals surface area (Å²) in [7, 11) is -3.74. The van der Waals surface area contributed by atoms with Crippen molar-refractivity contribution < 1.29 is 23.1 Å². The van der Waals surface area contributed by atoms with Crippen LogP contribution in [0, 0.1) is 5.41 Å². The van der Waals surface area contributed by atoms with E-state index in [0.29, 0.717) is 32.3 Å². The van der Waals surface area contributed by atoms with Gasteiger partial charge < -0.3 is 9.84 Å². The molecule has 22 heavy (non-hydrogen) atoms. The summed E-state index contributed by atoms with van der Waals surface area (Å²) in [6, 6.07) is 4.18. The predicted octanol–water partition coefficient (Wildman–Crippen LogP) is 1.54. The molecule has 0 amide bonds. The molecule has 1 fully saturated rings. The van der Waals surface area contributed by atoms with E-state index in [1.54, 1.807) is 19.1 Å². The highest BCUT2D eigenvalue weighted by Gasteiger charge is 2.46. The first-order chi connectivity index (χ1) is 10.3. The summed E-state index contributed by atoms with van der Waals surface area (Å²) in [5, 5.41) is 9.39. The fraction of sp³-hybridized carbons (Fsp3) is 0.533. The summed E-state index contributed by atoms with van der Waals surface area (Å²) in [5.74, 6) is -0.241. The Morgan fingerprint density at radius 3 is 2.95 bits per heavy atom. The maximum Gasteiger partial charge on any atom is 0.310 e. The monoisotopic (exact) mass is 325 g/mol. The number of carbonyl (C=O) groups is 1. The van der Waals surface area contributed by atoms with Gasteiger partial charge >= 0.3 is 5.97 Å². The van der Waals surface area contributed by atoms with E-state index < -0.39 is 27.4 Å². The number of benzene rings is 1. The topological polar surface area (TPSA) is 92.7 Å². The maximum absolute atomic E-state index is 12.6. The molecule has 0 spiro atoms. The minimum atomic E-state index is -3.74. The predicted molar refractivity (Wildman–Crippen MR) is 79.3 cm³/mol. The molecule has 3 rings (SSSR count). The zero-order valence-corrected chi connectivity index (χ0v) is 13.1. The molecular weight excluding hydrogens is 306 g/mol. The number of aliphatic carboxylic acids is 1. The van der Waals surface area contributed by atoms with Crippen molar-refractivity contribution in [3.63, 3.8) is 0 Å². The Hall–Kier alpha value is -1.60. The van der Waals surface area contributed by atoms with E-state index in [-0.39, 0.29) is 4.90 Å². The lowest BCUT2D eigenvalue weighted by molar-refractivity contribution is -0.148. The van der Waals surface area contributed by atoms with Crippen LogP contribution in [0.3, 0.4) is 0 Å². The number of nitrogens with one attached hydrogen (secondary N) is 1. The van der Waals surface area contributed by atoms with Crippen LogP contribution in [-0.4, -0.2) is 32.1 Å². The van der Waals surface area contributed by atoms with Crippen molar-refractivity contribution in [3.05, 3.63) is 23.8 Å². The molecule has 120 valence electrons. The Morgan fingerprint density at radius 1 is 1.45 bits per heavy atom. The first-order valence-electron chi connectivity index (χ1n) is 7.34. The molecule has 1 saturated carbocycles. The average Bonchev–Trinajstić information content (AvgIpc) is 3.05. The highest BCUT2D eigenvalue weighted by atomic mass is 32.2. The van der Waals surface area contributed by atoms with Crippen molar-refractivity contribution in [2.45, 2.75) is 43.5 Å². The van der Waals surface area contributed by atoms with Crippen molar-refractivity contribution in [3.8, 4) is 5.75 Å². The van der Waals surface area contributed by atoms with Gasteiger partial charge in [0.05, 0.1) is 16.9 Å². The van der Waals surface area contributed by atoms with Crippen LogP contribution in [-0.2, 0) is 21.2 Å². The Bertz CT molecular complexity index is 715. The Morgan fingerprint density at radius 2 is 2.23 bits per heavy atom. The molecule has 2 N–H and O–H groups in total. The van der Waals surface area contributed by atoms with Gasteiger partial charge in [0, 0.05) is 12.5 Å². The van der Waals surface area contributed by atoms with Crippen LogP contribution in [0.4, 0.5) is 0 Å². The molecule has 1 aliphatic heterocycles. The molecule has 0 bridgehead atoms. The number of hydrogen-bond acceptors (Lipinski definition) is 4. The third-order valence-electron chi connectivity index (χ3n) is 4.72. The van der Waals surface area contributed by atoms with Gasteiger partial charge in [0.25, 0.3) is 0 Å². The Labute approximate surface area is 129 Å². The maximum atomic E-state index is 12.6. The van der Waals surface area contributed by atoms with Crippen molar-refractivity contribution in [1.29, 1.82) is 0 Å². The van der Waals surface area contributed by atoms with Gasteiger partial charge in [-0.05, 0) is 43.5 Å². The quantitative estimate of drug-likeness (QED) is 0.876. The normalized spacial score (nSPS) is 27.4. The molecule has 0 saturated heterocycles. The van der Waals surface area contributed by atoms with Gasteiger partial charge in [-0.15, -0.1) is 0 Å². The summed E-state index contributed by atoms with van der Waals surface area (Å²) in [5.41, 5.74) is -0.178.